The van der Waals surface area contributed by atoms with Gasteiger partial charge in [0.15, 0.2) is 11.8 Å². The molecule has 27 heavy (non-hydrogen) atoms. The van der Waals surface area contributed by atoms with E-state index in [0.29, 0.717) is 13.1 Å². The third kappa shape index (κ3) is 7.70. The van der Waals surface area contributed by atoms with E-state index in [1.807, 2.05) is 39.4 Å². The van der Waals surface area contributed by atoms with Crippen molar-refractivity contribution in [2.24, 2.45) is 12.0 Å². The van der Waals surface area contributed by atoms with Crippen molar-refractivity contribution in [1.82, 2.24) is 30.0 Å². The van der Waals surface area contributed by atoms with E-state index >= 15 is 0 Å². The van der Waals surface area contributed by atoms with Crippen molar-refractivity contribution < 1.29 is 4.74 Å². The fraction of sp³-hybridized carbons (Fsp3) is 0.647. The standard InChI is InChI=1S/C17H29N7OS.HI/c1-6-25-9-7-8-18-17(19-10-16-22-21-13(2)24(16)5)23(4)11-15-12-26-14(3)20-15;/h12H,6-11H2,1-5H3,(H,18,19);1H. The van der Waals surface area contributed by atoms with Crippen LogP contribution in [0.4, 0.5) is 0 Å². The first-order chi connectivity index (χ1) is 12.5. The molecule has 0 saturated heterocycles. The maximum absolute atomic E-state index is 5.40. The Kier molecular flexibility index (Phi) is 10.8. The SMILES string of the molecule is CCOCCCNC(=NCc1nnc(C)n1C)N(C)Cc1csc(C)n1.I. The van der Waals surface area contributed by atoms with Gasteiger partial charge in [-0.05, 0) is 27.2 Å². The smallest absolute Gasteiger partial charge is 0.194 e. The fourth-order valence-electron chi connectivity index (χ4n) is 2.36. The lowest BCUT2D eigenvalue weighted by molar-refractivity contribution is 0.145. The Labute approximate surface area is 182 Å². The minimum Gasteiger partial charge on any atom is -0.382 e. The van der Waals surface area contributed by atoms with Gasteiger partial charge in [-0.25, -0.2) is 9.98 Å². The number of nitrogens with zero attached hydrogens (tertiary/aromatic N) is 6. The lowest BCUT2D eigenvalue weighted by atomic mass is 10.4. The number of aromatic nitrogens is 4. The van der Waals surface area contributed by atoms with Gasteiger partial charge < -0.3 is 19.5 Å². The average molecular weight is 507 g/mol. The van der Waals surface area contributed by atoms with Crippen molar-refractivity contribution in [2.45, 2.75) is 40.3 Å². The van der Waals surface area contributed by atoms with E-state index in [1.165, 1.54) is 0 Å². The molecule has 1 N–H and O–H groups in total. The van der Waals surface area contributed by atoms with Crippen molar-refractivity contribution in [1.29, 1.82) is 0 Å². The highest BCUT2D eigenvalue weighted by Gasteiger charge is 2.11. The molecule has 0 atom stereocenters. The van der Waals surface area contributed by atoms with E-state index in [9.17, 15) is 0 Å². The van der Waals surface area contributed by atoms with Crippen molar-refractivity contribution in [3.63, 3.8) is 0 Å². The van der Waals surface area contributed by atoms with E-state index in [1.54, 1.807) is 11.3 Å². The highest BCUT2D eigenvalue weighted by molar-refractivity contribution is 14.0. The van der Waals surface area contributed by atoms with Gasteiger partial charge in [-0.1, -0.05) is 0 Å². The average Bonchev–Trinajstić information content (AvgIpc) is 3.16. The Bertz CT molecular complexity index is 716. The second-order valence-electron chi connectivity index (χ2n) is 6.05. The number of hydrogen-bond acceptors (Lipinski definition) is 6. The summed E-state index contributed by atoms with van der Waals surface area (Å²) in [7, 11) is 3.97. The highest BCUT2D eigenvalue weighted by atomic mass is 127. The molecule has 8 nitrogen and oxygen atoms in total. The van der Waals surface area contributed by atoms with Gasteiger partial charge in [-0.2, -0.15) is 0 Å². The summed E-state index contributed by atoms with van der Waals surface area (Å²) in [4.78, 5) is 11.4. The number of ether oxygens (including phenoxy) is 1. The Morgan fingerprint density at radius 1 is 1.37 bits per heavy atom. The maximum Gasteiger partial charge on any atom is 0.194 e. The van der Waals surface area contributed by atoms with Gasteiger partial charge in [-0.15, -0.1) is 45.5 Å². The minimum atomic E-state index is 0. The van der Waals surface area contributed by atoms with Gasteiger partial charge in [0, 0.05) is 39.2 Å². The normalized spacial score (nSPS) is 11.4. The molecule has 0 aliphatic rings. The Morgan fingerprint density at radius 2 is 2.15 bits per heavy atom. The molecule has 0 bridgehead atoms. The van der Waals surface area contributed by atoms with E-state index in [2.05, 4.69) is 30.8 Å². The number of aryl methyl sites for hydroxylation is 2. The van der Waals surface area contributed by atoms with E-state index in [-0.39, 0.29) is 24.0 Å². The molecule has 2 aromatic heterocycles. The van der Waals surface area contributed by atoms with Crippen LogP contribution in [0.5, 0.6) is 0 Å². The van der Waals surface area contributed by atoms with E-state index in [0.717, 1.165) is 54.5 Å². The molecule has 0 unspecified atom stereocenters. The third-order valence-electron chi connectivity index (χ3n) is 3.93. The summed E-state index contributed by atoms with van der Waals surface area (Å²) < 4.78 is 7.36. The molecular formula is C17H30IN7OS. The van der Waals surface area contributed by atoms with E-state index in [4.69, 9.17) is 9.73 Å². The highest BCUT2D eigenvalue weighted by Crippen LogP contribution is 2.10. The number of halogens is 1. The Morgan fingerprint density at radius 3 is 2.74 bits per heavy atom. The first kappa shape index (κ1) is 23.8. The number of guanidine groups is 1. The zero-order valence-corrected chi connectivity index (χ0v) is 19.9. The van der Waals surface area contributed by atoms with Crippen LogP contribution in [0, 0.1) is 13.8 Å². The summed E-state index contributed by atoms with van der Waals surface area (Å²) in [6.07, 6.45) is 0.930. The molecule has 0 radical (unpaired) electrons. The zero-order chi connectivity index (χ0) is 18.9. The predicted octanol–water partition coefficient (Wildman–Crippen LogP) is 2.51. The monoisotopic (exact) mass is 507 g/mol. The number of hydrogen-bond donors (Lipinski definition) is 1. The summed E-state index contributed by atoms with van der Waals surface area (Å²) in [5.74, 6) is 2.55. The largest absolute Gasteiger partial charge is 0.382 e. The fourth-order valence-corrected chi connectivity index (χ4v) is 2.97. The molecule has 0 aromatic carbocycles. The molecule has 10 heteroatoms. The van der Waals surface area contributed by atoms with Gasteiger partial charge >= 0.3 is 0 Å². The first-order valence-electron chi connectivity index (χ1n) is 8.84. The maximum atomic E-state index is 5.40. The molecule has 2 rings (SSSR count). The summed E-state index contributed by atoms with van der Waals surface area (Å²) in [5.41, 5.74) is 1.05. The lowest BCUT2D eigenvalue weighted by Crippen LogP contribution is -2.39. The molecule has 2 heterocycles. The van der Waals surface area contributed by atoms with Crippen LogP contribution >= 0.6 is 35.3 Å². The molecule has 0 spiro atoms. The molecule has 0 aliphatic carbocycles. The predicted molar refractivity (Wildman–Crippen MR) is 120 cm³/mol. The Hall–Kier alpha value is -1.27. The van der Waals surface area contributed by atoms with Crippen LogP contribution in [0.2, 0.25) is 0 Å². The summed E-state index contributed by atoms with van der Waals surface area (Å²) in [6.45, 7) is 9.44. The summed E-state index contributed by atoms with van der Waals surface area (Å²) in [5, 5.41) is 14.9. The van der Waals surface area contributed by atoms with Crippen molar-refractivity contribution in [2.75, 3.05) is 26.8 Å². The summed E-state index contributed by atoms with van der Waals surface area (Å²) >= 11 is 1.66. The van der Waals surface area contributed by atoms with Gasteiger partial charge in [0.2, 0.25) is 0 Å². The second-order valence-corrected chi connectivity index (χ2v) is 7.12. The third-order valence-corrected chi connectivity index (χ3v) is 4.76. The van der Waals surface area contributed by atoms with Crippen molar-refractivity contribution in [3.05, 3.63) is 27.7 Å². The number of thiazole rings is 1. The second kappa shape index (κ2) is 12.2. The number of rotatable bonds is 9. The zero-order valence-electron chi connectivity index (χ0n) is 16.7. The molecule has 0 saturated carbocycles. The first-order valence-corrected chi connectivity index (χ1v) is 9.72. The number of nitrogens with one attached hydrogen (secondary N) is 1. The van der Waals surface area contributed by atoms with Crippen LogP contribution in [-0.2, 0) is 24.9 Å². The van der Waals surface area contributed by atoms with Crippen LogP contribution in [0.15, 0.2) is 10.4 Å². The van der Waals surface area contributed by atoms with Crippen LogP contribution in [-0.4, -0.2) is 57.4 Å². The minimum absolute atomic E-state index is 0. The van der Waals surface area contributed by atoms with Gasteiger partial charge in [-0.3, -0.25) is 0 Å². The topological polar surface area (TPSA) is 80.5 Å². The molecule has 0 aliphatic heterocycles. The molecular weight excluding hydrogens is 477 g/mol. The van der Waals surface area contributed by atoms with Crippen LogP contribution < -0.4 is 5.32 Å². The molecule has 0 amide bonds. The van der Waals surface area contributed by atoms with Gasteiger partial charge in [0.25, 0.3) is 0 Å². The van der Waals surface area contributed by atoms with Gasteiger partial charge in [0.05, 0.1) is 17.2 Å². The van der Waals surface area contributed by atoms with E-state index < -0.39 is 0 Å². The number of aliphatic imine (C=N–C) groups is 1. The lowest BCUT2D eigenvalue weighted by Gasteiger charge is -2.21. The quantitative estimate of drug-likeness (QED) is 0.243. The van der Waals surface area contributed by atoms with Crippen LogP contribution in [0.25, 0.3) is 0 Å². The molecule has 152 valence electrons. The van der Waals surface area contributed by atoms with Crippen molar-refractivity contribution in [3.8, 4) is 0 Å². The van der Waals surface area contributed by atoms with Crippen LogP contribution in [0.1, 0.15) is 35.7 Å². The molecule has 0 fully saturated rings. The van der Waals surface area contributed by atoms with Gasteiger partial charge in [0.1, 0.15) is 12.4 Å². The van der Waals surface area contributed by atoms with Crippen molar-refractivity contribution >= 4 is 41.3 Å². The molecule has 2 aromatic rings. The van der Waals surface area contributed by atoms with Crippen LogP contribution in [0.3, 0.4) is 0 Å². The Balaban J connectivity index is 0.00000364. The summed E-state index contributed by atoms with van der Waals surface area (Å²) in [6, 6.07) is 0.